The zero-order valence-corrected chi connectivity index (χ0v) is 14.3. The number of hydrogen-bond acceptors (Lipinski definition) is 5. The van der Waals surface area contributed by atoms with Crippen LogP contribution in [0, 0.1) is 0 Å². The topological polar surface area (TPSA) is 81.9 Å². The van der Waals surface area contributed by atoms with Crippen LogP contribution in [0.5, 0.6) is 0 Å². The molecule has 0 atom stereocenters. The van der Waals surface area contributed by atoms with Crippen LogP contribution in [0.15, 0.2) is 62.7 Å². The smallest absolute Gasteiger partial charge is 0.267 e. The molecule has 3 rings (SSSR count). The number of rotatable bonds is 4. The number of sulfone groups is 1. The summed E-state index contributed by atoms with van der Waals surface area (Å²) < 4.78 is 26.5. The van der Waals surface area contributed by atoms with E-state index in [1.807, 2.05) is 0 Å². The zero-order chi connectivity index (χ0) is 16.4. The van der Waals surface area contributed by atoms with Gasteiger partial charge in [0, 0.05) is 4.47 Å². The van der Waals surface area contributed by atoms with Gasteiger partial charge in [-0.1, -0.05) is 33.3 Å². The Morgan fingerprint density at radius 3 is 2.48 bits per heavy atom. The van der Waals surface area contributed by atoms with Crippen LogP contribution in [-0.4, -0.2) is 29.2 Å². The van der Waals surface area contributed by atoms with Crippen LogP contribution in [0.25, 0.3) is 10.9 Å². The van der Waals surface area contributed by atoms with Crippen LogP contribution in [-0.2, 0) is 16.4 Å². The van der Waals surface area contributed by atoms with Gasteiger partial charge in [-0.15, -0.1) is 5.10 Å². The second-order valence-corrected chi connectivity index (χ2v) is 7.93. The van der Waals surface area contributed by atoms with Gasteiger partial charge in [-0.05, 0) is 36.4 Å². The Morgan fingerprint density at radius 2 is 1.74 bits per heavy atom. The predicted molar refractivity (Wildman–Crippen MR) is 90.0 cm³/mol. The van der Waals surface area contributed by atoms with Crippen molar-refractivity contribution < 1.29 is 8.42 Å². The Balaban J connectivity index is 1.87. The first-order valence-corrected chi connectivity index (χ1v) is 9.23. The summed E-state index contributed by atoms with van der Waals surface area (Å²) in [7, 11) is -3.49. The molecule has 0 aliphatic rings. The van der Waals surface area contributed by atoms with Crippen LogP contribution in [0.2, 0.25) is 0 Å². The third kappa shape index (κ3) is 3.32. The van der Waals surface area contributed by atoms with E-state index >= 15 is 0 Å². The third-order valence-corrected chi connectivity index (χ3v) is 5.61. The Bertz CT molecular complexity index is 1010. The van der Waals surface area contributed by atoms with Gasteiger partial charge in [0.25, 0.3) is 5.56 Å². The summed E-state index contributed by atoms with van der Waals surface area (Å²) in [6.45, 7) is -0.0466. The van der Waals surface area contributed by atoms with Crippen LogP contribution in [0.4, 0.5) is 0 Å². The van der Waals surface area contributed by atoms with Crippen LogP contribution in [0.3, 0.4) is 0 Å². The molecule has 1 aromatic heterocycles. The van der Waals surface area contributed by atoms with Gasteiger partial charge >= 0.3 is 0 Å². The van der Waals surface area contributed by atoms with Crippen molar-refractivity contribution in [2.75, 3.05) is 5.75 Å². The van der Waals surface area contributed by atoms with Crippen molar-refractivity contribution >= 4 is 36.7 Å². The van der Waals surface area contributed by atoms with Gasteiger partial charge in [0.05, 0.1) is 22.6 Å². The molecular formula is C15H12BrN3O3S. The molecule has 118 valence electrons. The van der Waals surface area contributed by atoms with Crippen molar-refractivity contribution in [3.8, 4) is 0 Å². The van der Waals surface area contributed by atoms with Crippen molar-refractivity contribution in [1.29, 1.82) is 0 Å². The normalized spacial score (nSPS) is 11.7. The zero-order valence-electron chi connectivity index (χ0n) is 11.9. The molecule has 1 heterocycles. The molecule has 0 aliphatic heterocycles. The van der Waals surface area contributed by atoms with E-state index in [-0.39, 0.29) is 22.8 Å². The summed E-state index contributed by atoms with van der Waals surface area (Å²) in [5, 5.41) is 8.16. The molecule has 23 heavy (non-hydrogen) atoms. The molecule has 0 unspecified atom stereocenters. The van der Waals surface area contributed by atoms with Gasteiger partial charge in [-0.25, -0.2) is 13.1 Å². The maximum absolute atomic E-state index is 12.3. The monoisotopic (exact) mass is 393 g/mol. The van der Waals surface area contributed by atoms with Gasteiger partial charge in [-0.3, -0.25) is 4.79 Å². The molecule has 0 saturated carbocycles. The highest BCUT2D eigenvalue weighted by Crippen LogP contribution is 2.16. The standard InChI is InChI=1S/C15H12BrN3O3S/c16-11-5-7-12(8-6-11)23(21,22)10-9-19-15(20)13-3-1-2-4-14(13)17-18-19/h1-8H,9-10H2. The summed E-state index contributed by atoms with van der Waals surface area (Å²) in [6, 6.07) is 13.2. The van der Waals surface area contributed by atoms with Gasteiger partial charge < -0.3 is 0 Å². The molecule has 0 spiro atoms. The lowest BCUT2D eigenvalue weighted by atomic mass is 10.2. The van der Waals surface area contributed by atoms with Crippen LogP contribution >= 0.6 is 15.9 Å². The number of fused-ring (bicyclic) bond motifs is 1. The van der Waals surface area contributed by atoms with Crippen molar-refractivity contribution in [3.63, 3.8) is 0 Å². The second kappa shape index (κ2) is 6.21. The van der Waals surface area contributed by atoms with Crippen LogP contribution < -0.4 is 5.56 Å². The van der Waals surface area contributed by atoms with E-state index in [2.05, 4.69) is 26.2 Å². The van der Waals surface area contributed by atoms with Gasteiger partial charge in [0.1, 0.15) is 5.52 Å². The number of benzene rings is 2. The average molecular weight is 394 g/mol. The molecule has 3 aromatic rings. The summed E-state index contributed by atoms with van der Waals surface area (Å²) in [4.78, 5) is 12.5. The number of hydrogen-bond donors (Lipinski definition) is 0. The Hall–Kier alpha value is -2.06. The molecule has 2 aromatic carbocycles. The quantitative estimate of drug-likeness (QED) is 0.677. The molecule has 0 amide bonds. The number of aromatic nitrogens is 3. The second-order valence-electron chi connectivity index (χ2n) is 4.91. The molecule has 0 N–H and O–H groups in total. The summed E-state index contributed by atoms with van der Waals surface area (Å²) in [5.41, 5.74) is 0.145. The Labute approximate surface area is 140 Å². The highest BCUT2D eigenvalue weighted by atomic mass is 79.9. The maximum Gasteiger partial charge on any atom is 0.277 e. The fourth-order valence-electron chi connectivity index (χ4n) is 2.14. The van der Waals surface area contributed by atoms with Crippen LogP contribution in [0.1, 0.15) is 0 Å². The number of nitrogens with zero attached hydrogens (tertiary/aromatic N) is 3. The first-order valence-electron chi connectivity index (χ1n) is 6.78. The predicted octanol–water partition coefficient (Wildman–Crippen LogP) is 2.03. The minimum Gasteiger partial charge on any atom is -0.267 e. The van der Waals surface area contributed by atoms with Crippen molar-refractivity contribution in [1.82, 2.24) is 15.0 Å². The fourth-order valence-corrected chi connectivity index (χ4v) is 3.60. The lowest BCUT2D eigenvalue weighted by Crippen LogP contribution is -2.27. The lowest BCUT2D eigenvalue weighted by Gasteiger charge is -2.06. The molecule has 0 bridgehead atoms. The molecule has 6 nitrogen and oxygen atoms in total. The largest absolute Gasteiger partial charge is 0.277 e. The SMILES string of the molecule is O=c1c2ccccc2nnn1CCS(=O)(=O)c1ccc(Br)cc1. The summed E-state index contributed by atoms with van der Waals surface area (Å²) in [6.07, 6.45) is 0. The first kappa shape index (κ1) is 15.8. The van der Waals surface area contributed by atoms with Gasteiger partial charge in [0.15, 0.2) is 9.84 Å². The van der Waals surface area contributed by atoms with Crippen molar-refractivity contribution in [2.24, 2.45) is 0 Å². The lowest BCUT2D eigenvalue weighted by molar-refractivity contribution is 0.557. The van der Waals surface area contributed by atoms with Gasteiger partial charge in [-0.2, -0.15) is 0 Å². The van der Waals surface area contributed by atoms with E-state index < -0.39 is 9.84 Å². The van der Waals surface area contributed by atoms with Gasteiger partial charge in [0.2, 0.25) is 0 Å². The molecule has 8 heteroatoms. The van der Waals surface area contributed by atoms with Crippen molar-refractivity contribution in [2.45, 2.75) is 11.4 Å². The van der Waals surface area contributed by atoms with E-state index in [1.54, 1.807) is 36.4 Å². The third-order valence-electron chi connectivity index (χ3n) is 3.37. The summed E-state index contributed by atoms with van der Waals surface area (Å²) >= 11 is 3.26. The minimum absolute atomic E-state index is 0.0466. The van der Waals surface area contributed by atoms with E-state index in [9.17, 15) is 13.2 Å². The first-order chi connectivity index (χ1) is 11.0. The number of halogens is 1. The van der Waals surface area contributed by atoms with E-state index in [1.165, 1.54) is 12.1 Å². The van der Waals surface area contributed by atoms with E-state index in [0.717, 1.165) is 9.15 Å². The molecule has 0 fully saturated rings. The maximum atomic E-state index is 12.3. The summed E-state index contributed by atoms with van der Waals surface area (Å²) in [5.74, 6) is -0.221. The average Bonchev–Trinajstić information content (AvgIpc) is 2.55. The Morgan fingerprint density at radius 1 is 1.04 bits per heavy atom. The molecule has 0 aliphatic carbocycles. The highest BCUT2D eigenvalue weighted by molar-refractivity contribution is 9.10. The minimum atomic E-state index is -3.49. The molecule has 0 saturated heterocycles. The number of aryl methyl sites for hydroxylation is 1. The van der Waals surface area contributed by atoms with E-state index in [4.69, 9.17) is 0 Å². The fraction of sp³-hybridized carbons (Fsp3) is 0.133. The van der Waals surface area contributed by atoms with E-state index in [0.29, 0.717) is 10.9 Å². The highest BCUT2D eigenvalue weighted by Gasteiger charge is 2.15. The Kier molecular flexibility index (Phi) is 4.27. The van der Waals surface area contributed by atoms with Crippen molar-refractivity contribution in [3.05, 3.63) is 63.4 Å². The molecule has 0 radical (unpaired) electrons. The molecular weight excluding hydrogens is 382 g/mol.